The Kier molecular flexibility index (Phi) is 8.69. The van der Waals surface area contributed by atoms with E-state index in [1.54, 1.807) is 29.2 Å². The van der Waals surface area contributed by atoms with E-state index >= 15 is 0 Å². The third-order valence-corrected chi connectivity index (χ3v) is 7.63. The van der Waals surface area contributed by atoms with Crippen molar-refractivity contribution in [1.29, 1.82) is 0 Å². The van der Waals surface area contributed by atoms with Crippen LogP contribution >= 0.6 is 15.9 Å². The molecular formula is C31H30BrN5O5. The number of carbonyl (C=O) groups is 1. The molecule has 2 N–H and O–H groups in total. The van der Waals surface area contributed by atoms with Crippen LogP contribution in [0.25, 0.3) is 11.8 Å². The highest BCUT2D eigenvalue weighted by Crippen LogP contribution is 2.34. The number of hydrogen-bond donors (Lipinski definition) is 2. The Labute approximate surface area is 250 Å². The van der Waals surface area contributed by atoms with Crippen molar-refractivity contribution in [2.24, 2.45) is 0 Å². The third-order valence-electron chi connectivity index (χ3n) is 6.99. The van der Waals surface area contributed by atoms with Crippen LogP contribution < -0.4 is 16.0 Å². The molecule has 0 spiro atoms. The summed E-state index contributed by atoms with van der Waals surface area (Å²) in [6.07, 6.45) is 4.16. The summed E-state index contributed by atoms with van der Waals surface area (Å²) in [7, 11) is 0. The summed E-state index contributed by atoms with van der Waals surface area (Å²) >= 11 is 3.28. The van der Waals surface area contributed by atoms with Crippen LogP contribution in [0.4, 0.5) is 0 Å². The standard InChI is InChI=1S/C31H30BrN5O5/c1-20-17-23(18-21(2)28(20)42-24-10-11-26(38)25(32)19-24)37-31(41)33-29(39)27(34-37)30(40)36-15-13-35(14-16-36)12-6-9-22-7-4-3-5-8-22/h3-11,17-19,38H,12-16H2,1-2H3,(H,33,39,41). The first-order valence-corrected chi connectivity index (χ1v) is 14.2. The first kappa shape index (κ1) is 29.0. The molecule has 42 heavy (non-hydrogen) atoms. The fourth-order valence-electron chi connectivity index (χ4n) is 4.78. The lowest BCUT2D eigenvalue weighted by molar-refractivity contribution is 0.0640. The molecule has 0 radical (unpaired) electrons. The van der Waals surface area contributed by atoms with E-state index in [4.69, 9.17) is 4.74 Å². The molecule has 2 heterocycles. The van der Waals surface area contributed by atoms with Crippen LogP contribution in [-0.2, 0) is 0 Å². The van der Waals surface area contributed by atoms with E-state index in [0.29, 0.717) is 59.0 Å². The number of H-pyrrole nitrogens is 1. The molecule has 1 aromatic heterocycles. The van der Waals surface area contributed by atoms with Crippen LogP contribution in [0.5, 0.6) is 17.2 Å². The van der Waals surface area contributed by atoms with Gasteiger partial charge in [-0.25, -0.2) is 4.79 Å². The Morgan fingerprint density at radius 3 is 2.38 bits per heavy atom. The number of carbonyl (C=O) groups excluding carboxylic acids is 1. The number of ether oxygens (including phenoxy) is 1. The summed E-state index contributed by atoms with van der Waals surface area (Å²) in [4.78, 5) is 44.8. The number of halogens is 1. The minimum Gasteiger partial charge on any atom is -0.507 e. The number of phenolic OH excluding ortho intramolecular Hbond substituents is 1. The van der Waals surface area contributed by atoms with E-state index in [1.807, 2.05) is 44.2 Å². The van der Waals surface area contributed by atoms with E-state index in [-0.39, 0.29) is 11.4 Å². The van der Waals surface area contributed by atoms with Crippen molar-refractivity contribution in [3.63, 3.8) is 0 Å². The summed E-state index contributed by atoms with van der Waals surface area (Å²) in [5.74, 6) is 0.661. The summed E-state index contributed by atoms with van der Waals surface area (Å²) in [6.45, 7) is 6.58. The number of phenols is 1. The molecule has 1 fully saturated rings. The summed E-state index contributed by atoms with van der Waals surface area (Å²) in [6, 6.07) is 18.2. The van der Waals surface area contributed by atoms with Gasteiger partial charge in [0, 0.05) is 32.7 Å². The van der Waals surface area contributed by atoms with Gasteiger partial charge in [0.25, 0.3) is 11.5 Å². The Morgan fingerprint density at radius 1 is 1.02 bits per heavy atom. The van der Waals surface area contributed by atoms with Crippen molar-refractivity contribution in [2.45, 2.75) is 13.8 Å². The van der Waals surface area contributed by atoms with Gasteiger partial charge in [0.05, 0.1) is 10.2 Å². The summed E-state index contributed by atoms with van der Waals surface area (Å²) in [5.41, 5.74) is 1.03. The van der Waals surface area contributed by atoms with Crippen LogP contribution in [-0.4, -0.2) is 68.3 Å². The van der Waals surface area contributed by atoms with Crippen molar-refractivity contribution < 1.29 is 14.6 Å². The zero-order valence-corrected chi connectivity index (χ0v) is 24.8. The molecule has 1 amide bonds. The van der Waals surface area contributed by atoms with Gasteiger partial charge >= 0.3 is 5.69 Å². The zero-order chi connectivity index (χ0) is 29.8. The van der Waals surface area contributed by atoms with Gasteiger partial charge in [0.1, 0.15) is 17.2 Å². The molecule has 0 aliphatic carbocycles. The normalized spacial score (nSPS) is 13.9. The first-order chi connectivity index (χ1) is 20.2. The highest BCUT2D eigenvalue weighted by molar-refractivity contribution is 9.10. The Balaban J connectivity index is 1.30. The number of aromatic amines is 1. The first-order valence-electron chi connectivity index (χ1n) is 13.4. The molecular weight excluding hydrogens is 602 g/mol. The minimum absolute atomic E-state index is 0.0953. The largest absolute Gasteiger partial charge is 0.507 e. The number of nitrogens with one attached hydrogen (secondary N) is 1. The summed E-state index contributed by atoms with van der Waals surface area (Å²) < 4.78 is 7.56. The number of benzene rings is 3. The highest BCUT2D eigenvalue weighted by Gasteiger charge is 2.26. The topological polar surface area (TPSA) is 121 Å². The van der Waals surface area contributed by atoms with Crippen LogP contribution in [0, 0.1) is 13.8 Å². The van der Waals surface area contributed by atoms with Crippen molar-refractivity contribution >= 4 is 27.9 Å². The Bertz CT molecular complexity index is 1730. The van der Waals surface area contributed by atoms with Crippen molar-refractivity contribution in [3.8, 4) is 22.9 Å². The lowest BCUT2D eigenvalue weighted by Crippen LogP contribution is -2.50. The highest BCUT2D eigenvalue weighted by atomic mass is 79.9. The molecule has 11 heteroatoms. The number of piperazine rings is 1. The van der Waals surface area contributed by atoms with Gasteiger partial charge in [-0.05, 0) is 76.8 Å². The molecule has 1 saturated heterocycles. The van der Waals surface area contributed by atoms with E-state index in [1.165, 1.54) is 6.07 Å². The van der Waals surface area contributed by atoms with Gasteiger partial charge in [-0.15, -0.1) is 0 Å². The number of aromatic hydroxyl groups is 1. The Hall–Kier alpha value is -4.48. The number of amides is 1. The third kappa shape index (κ3) is 6.53. The maximum Gasteiger partial charge on any atom is 0.349 e. The molecule has 0 unspecified atom stereocenters. The van der Waals surface area contributed by atoms with Gasteiger partial charge in [-0.2, -0.15) is 9.78 Å². The minimum atomic E-state index is -0.819. The smallest absolute Gasteiger partial charge is 0.349 e. The molecule has 1 aliphatic heterocycles. The second-order valence-electron chi connectivity index (χ2n) is 10.0. The maximum absolute atomic E-state index is 13.3. The number of aryl methyl sites for hydroxylation is 2. The van der Waals surface area contributed by atoms with Gasteiger partial charge in [-0.1, -0.05) is 42.5 Å². The molecule has 4 aromatic rings. The van der Waals surface area contributed by atoms with Crippen molar-refractivity contribution in [1.82, 2.24) is 24.6 Å². The van der Waals surface area contributed by atoms with Crippen molar-refractivity contribution in [2.75, 3.05) is 32.7 Å². The number of aromatic nitrogens is 3. The summed E-state index contributed by atoms with van der Waals surface area (Å²) in [5, 5.41) is 14.0. The molecule has 10 nitrogen and oxygen atoms in total. The zero-order valence-electron chi connectivity index (χ0n) is 23.2. The molecule has 3 aromatic carbocycles. The molecule has 0 atom stereocenters. The van der Waals surface area contributed by atoms with Crippen LogP contribution in [0.2, 0.25) is 0 Å². The SMILES string of the molecule is Cc1cc(-n2nc(C(=O)N3CCN(CC=Cc4ccccc4)CC3)c(=O)[nH]c2=O)cc(C)c1Oc1ccc(O)c(Br)c1. The quantitative estimate of drug-likeness (QED) is 0.312. The number of hydrogen-bond acceptors (Lipinski definition) is 7. The van der Waals surface area contributed by atoms with Gasteiger partial charge < -0.3 is 14.7 Å². The molecule has 0 bridgehead atoms. The van der Waals surface area contributed by atoms with Gasteiger partial charge in [0.15, 0.2) is 0 Å². The van der Waals surface area contributed by atoms with Crippen LogP contribution in [0.15, 0.2) is 80.8 Å². The second kappa shape index (κ2) is 12.6. The van der Waals surface area contributed by atoms with Gasteiger partial charge in [0.2, 0.25) is 5.69 Å². The maximum atomic E-state index is 13.3. The predicted octanol–water partition coefficient (Wildman–Crippen LogP) is 4.27. The fourth-order valence-corrected chi connectivity index (χ4v) is 5.14. The average Bonchev–Trinajstić information content (AvgIpc) is 2.97. The number of rotatable bonds is 7. The van der Waals surface area contributed by atoms with Crippen LogP contribution in [0.1, 0.15) is 27.2 Å². The van der Waals surface area contributed by atoms with E-state index in [9.17, 15) is 19.5 Å². The Morgan fingerprint density at radius 2 is 1.71 bits per heavy atom. The van der Waals surface area contributed by atoms with E-state index < -0.39 is 17.2 Å². The van der Waals surface area contributed by atoms with Gasteiger partial charge in [-0.3, -0.25) is 19.5 Å². The lowest BCUT2D eigenvalue weighted by atomic mass is 10.1. The van der Waals surface area contributed by atoms with Crippen LogP contribution in [0.3, 0.4) is 0 Å². The molecule has 0 saturated carbocycles. The van der Waals surface area contributed by atoms with Crippen molar-refractivity contribution in [3.05, 3.63) is 114 Å². The average molecular weight is 633 g/mol. The molecule has 216 valence electrons. The van der Waals surface area contributed by atoms with E-state index in [2.05, 4.69) is 43.1 Å². The predicted molar refractivity (Wildman–Crippen MR) is 164 cm³/mol. The second-order valence-corrected chi connectivity index (χ2v) is 10.9. The number of nitrogens with zero attached hydrogens (tertiary/aromatic N) is 4. The van der Waals surface area contributed by atoms with E-state index in [0.717, 1.165) is 16.8 Å². The molecule has 5 rings (SSSR count). The fraction of sp³-hybridized carbons (Fsp3) is 0.226. The molecule has 1 aliphatic rings. The lowest BCUT2D eigenvalue weighted by Gasteiger charge is -2.33. The monoisotopic (exact) mass is 631 g/mol.